The number of rotatable bonds is 4. The molecule has 0 spiro atoms. The molecule has 0 aromatic heterocycles. The first-order valence-corrected chi connectivity index (χ1v) is 7.22. The molecular formula is C12H22N2O3S. The zero-order valence-corrected chi connectivity index (χ0v) is 12.2. The van der Waals surface area contributed by atoms with E-state index in [1.165, 1.54) is 0 Å². The van der Waals surface area contributed by atoms with Gasteiger partial charge < -0.3 is 15.7 Å². The summed E-state index contributed by atoms with van der Waals surface area (Å²) in [4.78, 5) is 23.1. The maximum absolute atomic E-state index is 11.9. The van der Waals surface area contributed by atoms with Crippen LogP contribution in [0.3, 0.4) is 0 Å². The van der Waals surface area contributed by atoms with Crippen LogP contribution in [0, 0.1) is 5.41 Å². The number of carboxylic acid groups (broad SMARTS) is 1. The number of hydrogen-bond donors (Lipinski definition) is 3. The second-order valence-electron chi connectivity index (χ2n) is 5.71. The van der Waals surface area contributed by atoms with Gasteiger partial charge in [0.2, 0.25) is 0 Å². The molecular weight excluding hydrogens is 252 g/mol. The largest absolute Gasteiger partial charge is 0.481 e. The smallest absolute Gasteiger partial charge is 0.315 e. The maximum atomic E-state index is 11.9. The van der Waals surface area contributed by atoms with Crippen LogP contribution in [0.1, 0.15) is 34.1 Å². The summed E-state index contributed by atoms with van der Waals surface area (Å²) in [5.41, 5.74) is -1.86. The van der Waals surface area contributed by atoms with Gasteiger partial charge in [-0.2, -0.15) is 11.8 Å². The molecule has 0 saturated carbocycles. The molecule has 1 unspecified atom stereocenters. The van der Waals surface area contributed by atoms with E-state index in [1.807, 2.05) is 11.8 Å². The monoisotopic (exact) mass is 274 g/mol. The second kappa shape index (κ2) is 5.38. The molecule has 0 radical (unpaired) electrons. The normalized spacial score (nSPS) is 20.6. The number of nitrogens with one attached hydrogen (secondary N) is 2. The Kier molecular flexibility index (Phi) is 4.53. The molecule has 1 aliphatic heterocycles. The number of carboxylic acids is 1. The first kappa shape index (κ1) is 15.1. The molecule has 0 aromatic rings. The van der Waals surface area contributed by atoms with Crippen molar-refractivity contribution >= 4 is 23.8 Å². The summed E-state index contributed by atoms with van der Waals surface area (Å²) in [5.74, 6) is 1.06. The topological polar surface area (TPSA) is 78.4 Å². The highest BCUT2D eigenvalue weighted by Gasteiger charge is 2.44. The fourth-order valence-electron chi connectivity index (χ4n) is 1.58. The van der Waals surface area contributed by atoms with Gasteiger partial charge in [-0.25, -0.2) is 4.79 Å². The number of urea groups is 1. The van der Waals surface area contributed by atoms with Crippen molar-refractivity contribution in [1.29, 1.82) is 0 Å². The Bertz CT molecular complexity index is 336. The van der Waals surface area contributed by atoms with Gasteiger partial charge in [0.05, 0.1) is 11.0 Å². The highest BCUT2D eigenvalue weighted by atomic mass is 32.2. The van der Waals surface area contributed by atoms with Gasteiger partial charge in [-0.05, 0) is 39.9 Å². The Hall–Kier alpha value is -0.910. The van der Waals surface area contributed by atoms with Crippen LogP contribution in [0.4, 0.5) is 4.79 Å². The molecule has 3 N–H and O–H groups in total. The number of aliphatic carboxylic acids is 1. The van der Waals surface area contributed by atoms with Gasteiger partial charge in [0.25, 0.3) is 0 Å². The third-order valence-electron chi connectivity index (χ3n) is 3.79. The standard InChI is InChI=1S/C12H22N2O3S/c1-11(2,9(15)16)12(3,4)14-10(17)13-8-5-6-18-7-8/h8H,5-7H2,1-4H3,(H,15,16)(H2,13,14,17). The van der Waals surface area contributed by atoms with Gasteiger partial charge >= 0.3 is 12.0 Å². The lowest BCUT2D eigenvalue weighted by Crippen LogP contribution is -2.60. The summed E-state index contributed by atoms with van der Waals surface area (Å²) in [6, 6.07) is -0.0967. The number of carbonyl (C=O) groups excluding carboxylic acids is 1. The fraction of sp³-hybridized carbons (Fsp3) is 0.833. The molecule has 2 amide bonds. The van der Waals surface area contributed by atoms with Crippen molar-refractivity contribution in [2.24, 2.45) is 5.41 Å². The number of thioether (sulfide) groups is 1. The van der Waals surface area contributed by atoms with E-state index in [4.69, 9.17) is 0 Å². The van der Waals surface area contributed by atoms with Crippen molar-refractivity contribution in [3.05, 3.63) is 0 Å². The number of amides is 2. The van der Waals surface area contributed by atoms with Crippen LogP contribution in [0.25, 0.3) is 0 Å². The molecule has 18 heavy (non-hydrogen) atoms. The van der Waals surface area contributed by atoms with Crippen LogP contribution in [0.5, 0.6) is 0 Å². The van der Waals surface area contributed by atoms with Crippen molar-refractivity contribution in [1.82, 2.24) is 10.6 Å². The minimum Gasteiger partial charge on any atom is -0.481 e. The Labute approximate surface area is 112 Å². The van der Waals surface area contributed by atoms with E-state index in [2.05, 4.69) is 10.6 Å². The molecule has 0 aliphatic carbocycles. The third kappa shape index (κ3) is 3.31. The predicted molar refractivity (Wildman–Crippen MR) is 72.9 cm³/mol. The zero-order chi connectivity index (χ0) is 14.0. The molecule has 1 atom stereocenters. The van der Waals surface area contributed by atoms with E-state index in [-0.39, 0.29) is 12.1 Å². The first-order valence-electron chi connectivity index (χ1n) is 6.06. The highest BCUT2D eigenvalue weighted by molar-refractivity contribution is 7.99. The molecule has 0 aromatic carbocycles. The molecule has 5 nitrogen and oxygen atoms in total. The van der Waals surface area contributed by atoms with Gasteiger partial charge in [-0.1, -0.05) is 0 Å². The van der Waals surface area contributed by atoms with E-state index in [9.17, 15) is 14.7 Å². The molecule has 1 heterocycles. The van der Waals surface area contributed by atoms with Crippen molar-refractivity contribution in [2.75, 3.05) is 11.5 Å². The lowest BCUT2D eigenvalue weighted by atomic mass is 9.74. The molecule has 1 rings (SSSR count). The van der Waals surface area contributed by atoms with E-state index in [0.29, 0.717) is 0 Å². The van der Waals surface area contributed by atoms with Crippen LogP contribution in [-0.4, -0.2) is 40.2 Å². The second-order valence-corrected chi connectivity index (χ2v) is 6.86. The van der Waals surface area contributed by atoms with Crippen molar-refractivity contribution < 1.29 is 14.7 Å². The summed E-state index contributed by atoms with van der Waals surface area (Å²) in [5, 5.41) is 14.8. The fourth-order valence-corrected chi connectivity index (χ4v) is 2.73. The molecule has 1 fully saturated rings. The summed E-state index contributed by atoms with van der Waals surface area (Å²) >= 11 is 1.82. The predicted octanol–water partition coefficient (Wildman–Crippen LogP) is 1.68. The third-order valence-corrected chi connectivity index (χ3v) is 4.95. The van der Waals surface area contributed by atoms with Crippen LogP contribution >= 0.6 is 11.8 Å². The van der Waals surface area contributed by atoms with Crippen LogP contribution in [0.2, 0.25) is 0 Å². The minimum absolute atomic E-state index is 0.193. The van der Waals surface area contributed by atoms with Crippen LogP contribution < -0.4 is 10.6 Å². The SMILES string of the molecule is CC(C)(NC(=O)NC1CCSC1)C(C)(C)C(=O)O. The molecule has 6 heteroatoms. The molecule has 104 valence electrons. The first-order chi connectivity index (χ1) is 8.17. The Morgan fingerprint density at radius 2 is 1.89 bits per heavy atom. The van der Waals surface area contributed by atoms with Gasteiger partial charge in [0.1, 0.15) is 0 Å². The van der Waals surface area contributed by atoms with E-state index in [0.717, 1.165) is 17.9 Å². The molecule has 1 saturated heterocycles. The lowest BCUT2D eigenvalue weighted by molar-refractivity contribution is -0.150. The molecule has 1 aliphatic rings. The maximum Gasteiger partial charge on any atom is 0.315 e. The summed E-state index contributed by atoms with van der Waals surface area (Å²) in [7, 11) is 0. The van der Waals surface area contributed by atoms with E-state index < -0.39 is 16.9 Å². The summed E-state index contributed by atoms with van der Waals surface area (Å²) in [6.45, 7) is 6.68. The Balaban J connectivity index is 2.58. The quantitative estimate of drug-likeness (QED) is 0.729. The van der Waals surface area contributed by atoms with E-state index in [1.54, 1.807) is 27.7 Å². The van der Waals surface area contributed by atoms with Crippen LogP contribution in [0.15, 0.2) is 0 Å². The van der Waals surface area contributed by atoms with Gasteiger partial charge in [0, 0.05) is 11.8 Å². The summed E-state index contributed by atoms with van der Waals surface area (Å²) in [6.07, 6.45) is 0.973. The Morgan fingerprint density at radius 3 is 2.33 bits per heavy atom. The van der Waals surface area contributed by atoms with E-state index >= 15 is 0 Å². The van der Waals surface area contributed by atoms with Crippen molar-refractivity contribution in [3.8, 4) is 0 Å². The minimum atomic E-state index is -1.03. The average Bonchev–Trinajstić information content (AvgIpc) is 2.68. The van der Waals surface area contributed by atoms with Crippen molar-refractivity contribution in [3.63, 3.8) is 0 Å². The molecule has 0 bridgehead atoms. The number of carbonyl (C=O) groups is 2. The van der Waals surface area contributed by atoms with Crippen molar-refractivity contribution in [2.45, 2.75) is 45.7 Å². The number of hydrogen-bond acceptors (Lipinski definition) is 3. The average molecular weight is 274 g/mol. The van der Waals surface area contributed by atoms with Gasteiger partial charge in [-0.15, -0.1) is 0 Å². The summed E-state index contributed by atoms with van der Waals surface area (Å²) < 4.78 is 0. The lowest BCUT2D eigenvalue weighted by Gasteiger charge is -2.38. The highest BCUT2D eigenvalue weighted by Crippen LogP contribution is 2.30. The zero-order valence-electron chi connectivity index (χ0n) is 11.4. The van der Waals surface area contributed by atoms with Crippen LogP contribution in [-0.2, 0) is 4.79 Å². The van der Waals surface area contributed by atoms with Gasteiger partial charge in [0.15, 0.2) is 0 Å². The Morgan fingerprint density at radius 1 is 1.28 bits per heavy atom. The van der Waals surface area contributed by atoms with Gasteiger partial charge in [-0.3, -0.25) is 4.79 Å².